The van der Waals surface area contributed by atoms with Gasteiger partial charge in [0.1, 0.15) is 5.84 Å². The highest BCUT2D eigenvalue weighted by Gasteiger charge is 2.00. The maximum Gasteiger partial charge on any atom is 0.106 e. The predicted molar refractivity (Wildman–Crippen MR) is 63.6 cm³/mol. The van der Waals surface area contributed by atoms with Gasteiger partial charge >= 0.3 is 0 Å². The highest BCUT2D eigenvalue weighted by molar-refractivity contribution is 8.00. The average Bonchev–Trinajstić information content (AvgIpc) is 2.16. The lowest BCUT2D eigenvalue weighted by Crippen LogP contribution is -2.22. The zero-order valence-electron chi connectivity index (χ0n) is 8.25. The van der Waals surface area contributed by atoms with Crippen molar-refractivity contribution >= 4 is 29.2 Å². The number of nitrogens with zero attached hydrogens (tertiary/aromatic N) is 1. The molecule has 0 aromatic heterocycles. The fourth-order valence-corrected chi connectivity index (χ4v) is 1.83. The van der Waals surface area contributed by atoms with Gasteiger partial charge in [-0.15, -0.1) is 11.8 Å². The number of amidine groups is 1. The summed E-state index contributed by atoms with van der Waals surface area (Å²) in [5.41, 5.74) is 0. The lowest BCUT2D eigenvalue weighted by atomic mass is 10.4. The number of rotatable bonds is 3. The maximum absolute atomic E-state index is 7.61. The van der Waals surface area contributed by atoms with E-state index in [4.69, 9.17) is 17.0 Å². The Hall–Kier alpha value is -0.670. The Morgan fingerprint density at radius 3 is 2.43 bits per heavy atom. The molecule has 1 N–H and O–H groups in total. The van der Waals surface area contributed by atoms with Crippen LogP contribution in [-0.4, -0.2) is 30.6 Å². The van der Waals surface area contributed by atoms with Crippen LogP contribution in [0.5, 0.6) is 0 Å². The summed E-state index contributed by atoms with van der Waals surface area (Å²) in [6.45, 7) is 0. The minimum Gasteiger partial charge on any atom is -0.366 e. The number of benzene rings is 1. The molecule has 0 spiro atoms. The molecule has 0 saturated heterocycles. The van der Waals surface area contributed by atoms with Gasteiger partial charge in [-0.2, -0.15) is 0 Å². The first-order valence-electron chi connectivity index (χ1n) is 4.22. The Morgan fingerprint density at radius 2 is 1.93 bits per heavy atom. The van der Waals surface area contributed by atoms with Crippen LogP contribution >= 0.6 is 23.4 Å². The predicted octanol–water partition coefficient (Wildman–Crippen LogP) is 2.97. The summed E-state index contributed by atoms with van der Waals surface area (Å²) in [4.78, 5) is 2.95. The van der Waals surface area contributed by atoms with E-state index in [9.17, 15) is 0 Å². The zero-order valence-corrected chi connectivity index (χ0v) is 9.82. The summed E-state index contributed by atoms with van der Waals surface area (Å²) in [5.74, 6) is 1.30. The van der Waals surface area contributed by atoms with Crippen molar-refractivity contribution in [1.29, 1.82) is 5.41 Å². The molecule has 0 aliphatic carbocycles. The van der Waals surface area contributed by atoms with Crippen molar-refractivity contribution in [2.45, 2.75) is 4.90 Å². The highest BCUT2D eigenvalue weighted by Crippen LogP contribution is 2.20. The fraction of sp³-hybridized carbons (Fsp3) is 0.300. The van der Waals surface area contributed by atoms with Crippen molar-refractivity contribution in [2.75, 3.05) is 19.8 Å². The van der Waals surface area contributed by atoms with E-state index in [0.717, 1.165) is 9.92 Å². The molecule has 14 heavy (non-hydrogen) atoms. The van der Waals surface area contributed by atoms with Gasteiger partial charge in [0.15, 0.2) is 0 Å². The highest BCUT2D eigenvalue weighted by atomic mass is 35.5. The molecule has 0 aliphatic rings. The van der Waals surface area contributed by atoms with E-state index < -0.39 is 0 Å². The molecule has 0 saturated carbocycles. The maximum atomic E-state index is 7.61. The normalized spacial score (nSPS) is 9.93. The number of hydrogen-bond acceptors (Lipinski definition) is 2. The average molecular weight is 229 g/mol. The third-order valence-corrected chi connectivity index (χ3v) is 3.00. The second-order valence-electron chi connectivity index (χ2n) is 3.08. The Labute approximate surface area is 93.8 Å². The molecule has 1 rings (SSSR count). The first-order valence-corrected chi connectivity index (χ1v) is 5.59. The molecule has 0 aliphatic heterocycles. The van der Waals surface area contributed by atoms with Crippen molar-refractivity contribution < 1.29 is 0 Å². The monoisotopic (exact) mass is 228 g/mol. The van der Waals surface area contributed by atoms with E-state index in [1.807, 2.05) is 43.3 Å². The van der Waals surface area contributed by atoms with Crippen LogP contribution in [0, 0.1) is 5.41 Å². The van der Waals surface area contributed by atoms with E-state index >= 15 is 0 Å². The molecular formula is C10H13ClN2S. The molecule has 2 nitrogen and oxygen atoms in total. The van der Waals surface area contributed by atoms with Crippen LogP contribution < -0.4 is 0 Å². The molecular weight excluding hydrogens is 216 g/mol. The quantitative estimate of drug-likeness (QED) is 0.489. The molecule has 0 bridgehead atoms. The summed E-state index contributed by atoms with van der Waals surface area (Å²) in [7, 11) is 3.76. The topological polar surface area (TPSA) is 27.1 Å². The molecule has 0 amide bonds. The van der Waals surface area contributed by atoms with E-state index in [0.29, 0.717) is 11.6 Å². The molecule has 0 radical (unpaired) electrons. The Kier molecular flexibility index (Phi) is 4.29. The third-order valence-electron chi connectivity index (χ3n) is 1.73. The summed E-state index contributed by atoms with van der Waals surface area (Å²) < 4.78 is 0. The van der Waals surface area contributed by atoms with Crippen LogP contribution in [0.4, 0.5) is 0 Å². The van der Waals surface area contributed by atoms with E-state index in [2.05, 4.69) is 0 Å². The van der Waals surface area contributed by atoms with Gasteiger partial charge < -0.3 is 4.90 Å². The van der Waals surface area contributed by atoms with Crippen molar-refractivity contribution in [3.8, 4) is 0 Å². The number of nitrogens with one attached hydrogen (secondary N) is 1. The minimum atomic E-state index is 0.616. The lowest BCUT2D eigenvalue weighted by Gasteiger charge is -2.12. The van der Waals surface area contributed by atoms with Gasteiger partial charge in [0.25, 0.3) is 0 Å². The largest absolute Gasteiger partial charge is 0.366 e. The smallest absolute Gasteiger partial charge is 0.106 e. The summed E-state index contributed by atoms with van der Waals surface area (Å²) >= 11 is 7.41. The van der Waals surface area contributed by atoms with Gasteiger partial charge in [0, 0.05) is 24.0 Å². The second kappa shape index (κ2) is 5.27. The summed E-state index contributed by atoms with van der Waals surface area (Å²) in [5, 5.41) is 8.36. The lowest BCUT2D eigenvalue weighted by molar-refractivity contribution is 0.615. The van der Waals surface area contributed by atoms with Crippen LogP contribution in [0.25, 0.3) is 0 Å². The van der Waals surface area contributed by atoms with Gasteiger partial charge in [0.2, 0.25) is 0 Å². The molecule has 1 aromatic rings. The van der Waals surface area contributed by atoms with Crippen LogP contribution in [0.1, 0.15) is 0 Å². The van der Waals surface area contributed by atoms with Crippen LogP contribution in [-0.2, 0) is 0 Å². The molecule has 0 fully saturated rings. The first kappa shape index (κ1) is 11.4. The Balaban J connectivity index is 2.46. The van der Waals surface area contributed by atoms with Crippen LogP contribution in [0.3, 0.4) is 0 Å². The van der Waals surface area contributed by atoms with Gasteiger partial charge in [-0.1, -0.05) is 11.6 Å². The molecule has 0 unspecified atom stereocenters. The molecule has 0 heterocycles. The summed E-state index contributed by atoms with van der Waals surface area (Å²) in [6, 6.07) is 7.66. The third kappa shape index (κ3) is 3.60. The standard InChI is InChI=1S/C10H13ClN2S/c1-13(2)10(12)7-14-9-5-3-8(11)4-6-9/h3-6,12H,7H2,1-2H3. The SMILES string of the molecule is CN(C)C(=N)CSc1ccc(Cl)cc1. The van der Waals surface area contributed by atoms with E-state index in [1.54, 1.807) is 11.8 Å². The molecule has 1 aromatic carbocycles. The van der Waals surface area contributed by atoms with E-state index in [1.165, 1.54) is 0 Å². The van der Waals surface area contributed by atoms with Gasteiger partial charge in [-0.05, 0) is 24.3 Å². The zero-order chi connectivity index (χ0) is 10.6. The van der Waals surface area contributed by atoms with E-state index in [-0.39, 0.29) is 0 Å². The van der Waals surface area contributed by atoms with Crippen LogP contribution in [0.2, 0.25) is 5.02 Å². The summed E-state index contributed by atoms with van der Waals surface area (Å²) in [6.07, 6.45) is 0. The number of halogens is 1. The fourth-order valence-electron chi connectivity index (χ4n) is 0.812. The van der Waals surface area contributed by atoms with Gasteiger partial charge in [-0.25, -0.2) is 0 Å². The van der Waals surface area contributed by atoms with Crippen molar-refractivity contribution in [2.24, 2.45) is 0 Å². The van der Waals surface area contributed by atoms with Crippen molar-refractivity contribution in [3.63, 3.8) is 0 Å². The Morgan fingerprint density at radius 1 is 1.36 bits per heavy atom. The second-order valence-corrected chi connectivity index (χ2v) is 4.57. The van der Waals surface area contributed by atoms with Gasteiger partial charge in [0.05, 0.1) is 5.75 Å². The van der Waals surface area contributed by atoms with Crippen molar-refractivity contribution in [1.82, 2.24) is 4.90 Å². The van der Waals surface area contributed by atoms with Gasteiger partial charge in [-0.3, -0.25) is 5.41 Å². The number of hydrogen-bond donors (Lipinski definition) is 1. The van der Waals surface area contributed by atoms with Crippen molar-refractivity contribution in [3.05, 3.63) is 29.3 Å². The molecule has 0 atom stereocenters. The van der Waals surface area contributed by atoms with Crippen LogP contribution in [0.15, 0.2) is 29.2 Å². The minimum absolute atomic E-state index is 0.616. The first-order chi connectivity index (χ1) is 6.59. The Bertz CT molecular complexity index is 308. The molecule has 4 heteroatoms. The molecule has 76 valence electrons. The number of thioether (sulfide) groups is 1.